The maximum atomic E-state index is 5.43. The van der Waals surface area contributed by atoms with Crippen LogP contribution in [-0.2, 0) is 6.54 Å². The summed E-state index contributed by atoms with van der Waals surface area (Å²) in [7, 11) is 3.26. The summed E-state index contributed by atoms with van der Waals surface area (Å²) in [6.07, 6.45) is 0. The summed E-state index contributed by atoms with van der Waals surface area (Å²) in [6.45, 7) is 3.33. The van der Waals surface area contributed by atoms with E-state index >= 15 is 0 Å². The van der Waals surface area contributed by atoms with Crippen molar-refractivity contribution >= 4 is 21.6 Å². The van der Waals surface area contributed by atoms with E-state index in [2.05, 4.69) is 21.2 Å². The summed E-state index contributed by atoms with van der Waals surface area (Å²) >= 11 is 3.50. The summed E-state index contributed by atoms with van der Waals surface area (Å²) in [4.78, 5) is 0. The standard InChI is InChI=1S/C17H20BrNO3/c1-4-22-14-7-5-13(6-8-14)19-11-12-9-15(18)17(21-3)16(10-12)20-2/h5-10,19H,4,11H2,1-3H3. The van der Waals surface area contributed by atoms with Gasteiger partial charge >= 0.3 is 0 Å². The molecule has 0 saturated heterocycles. The molecule has 2 aromatic carbocycles. The molecule has 2 rings (SSSR count). The molecule has 0 aliphatic carbocycles. The Bertz CT molecular complexity index is 614. The van der Waals surface area contributed by atoms with E-state index in [1.807, 2.05) is 43.3 Å². The number of benzene rings is 2. The van der Waals surface area contributed by atoms with Crippen LogP contribution in [0.3, 0.4) is 0 Å². The van der Waals surface area contributed by atoms with Crippen molar-refractivity contribution in [3.8, 4) is 17.2 Å². The molecule has 5 heteroatoms. The van der Waals surface area contributed by atoms with Crippen molar-refractivity contribution in [1.82, 2.24) is 0 Å². The minimum atomic E-state index is 0.673. The predicted molar refractivity (Wildman–Crippen MR) is 92.2 cm³/mol. The fourth-order valence-electron chi connectivity index (χ4n) is 2.11. The zero-order valence-corrected chi connectivity index (χ0v) is 14.6. The van der Waals surface area contributed by atoms with E-state index < -0.39 is 0 Å². The van der Waals surface area contributed by atoms with Crippen molar-refractivity contribution in [2.75, 3.05) is 26.1 Å². The van der Waals surface area contributed by atoms with Gasteiger partial charge in [0.1, 0.15) is 5.75 Å². The second-order valence-electron chi connectivity index (χ2n) is 4.62. The zero-order valence-electron chi connectivity index (χ0n) is 13.0. The highest BCUT2D eigenvalue weighted by Crippen LogP contribution is 2.36. The van der Waals surface area contributed by atoms with E-state index in [1.54, 1.807) is 14.2 Å². The Morgan fingerprint density at radius 3 is 2.36 bits per heavy atom. The van der Waals surface area contributed by atoms with Gasteiger partial charge in [0.05, 0.1) is 25.3 Å². The van der Waals surface area contributed by atoms with Crippen LogP contribution < -0.4 is 19.5 Å². The van der Waals surface area contributed by atoms with Gasteiger partial charge in [0.2, 0.25) is 0 Å². The second-order valence-corrected chi connectivity index (χ2v) is 5.48. The average Bonchev–Trinajstić information content (AvgIpc) is 2.54. The van der Waals surface area contributed by atoms with E-state index in [9.17, 15) is 0 Å². The van der Waals surface area contributed by atoms with E-state index in [4.69, 9.17) is 14.2 Å². The topological polar surface area (TPSA) is 39.7 Å². The Morgan fingerprint density at radius 2 is 1.77 bits per heavy atom. The first-order valence-corrected chi connectivity index (χ1v) is 7.84. The Kier molecular flexibility index (Phi) is 5.95. The summed E-state index contributed by atoms with van der Waals surface area (Å²) in [5.41, 5.74) is 2.13. The Balaban J connectivity index is 2.06. The van der Waals surface area contributed by atoms with E-state index in [-0.39, 0.29) is 0 Å². The van der Waals surface area contributed by atoms with Gasteiger partial charge in [0.25, 0.3) is 0 Å². The molecule has 0 aliphatic heterocycles. The lowest BCUT2D eigenvalue weighted by atomic mass is 10.2. The smallest absolute Gasteiger partial charge is 0.174 e. The first-order chi connectivity index (χ1) is 10.7. The number of methoxy groups -OCH3 is 2. The lowest BCUT2D eigenvalue weighted by molar-refractivity contribution is 0.340. The van der Waals surface area contributed by atoms with Gasteiger partial charge in [0, 0.05) is 12.2 Å². The van der Waals surface area contributed by atoms with Crippen LogP contribution in [0.1, 0.15) is 12.5 Å². The Labute approximate surface area is 139 Å². The van der Waals surface area contributed by atoms with Gasteiger partial charge in [-0.1, -0.05) is 0 Å². The van der Waals surface area contributed by atoms with Crippen LogP contribution in [0.4, 0.5) is 5.69 Å². The van der Waals surface area contributed by atoms with Crippen molar-refractivity contribution in [3.63, 3.8) is 0 Å². The number of rotatable bonds is 7. The molecule has 0 heterocycles. The highest BCUT2D eigenvalue weighted by Gasteiger charge is 2.10. The summed E-state index contributed by atoms with van der Waals surface area (Å²) in [5, 5.41) is 3.37. The zero-order chi connectivity index (χ0) is 15.9. The second kappa shape index (κ2) is 7.94. The maximum absolute atomic E-state index is 5.43. The highest BCUT2D eigenvalue weighted by atomic mass is 79.9. The van der Waals surface area contributed by atoms with Crippen LogP contribution in [0.15, 0.2) is 40.9 Å². The molecule has 0 aromatic heterocycles. The van der Waals surface area contributed by atoms with Crippen LogP contribution >= 0.6 is 15.9 Å². The number of hydrogen-bond donors (Lipinski definition) is 1. The van der Waals surface area contributed by atoms with Crippen molar-refractivity contribution in [3.05, 3.63) is 46.4 Å². The number of hydrogen-bond acceptors (Lipinski definition) is 4. The van der Waals surface area contributed by atoms with Crippen LogP contribution in [0, 0.1) is 0 Å². The number of halogens is 1. The lowest BCUT2D eigenvalue weighted by Crippen LogP contribution is -2.01. The monoisotopic (exact) mass is 365 g/mol. The molecule has 0 saturated carbocycles. The molecule has 0 radical (unpaired) electrons. The van der Waals surface area contributed by atoms with Gasteiger partial charge in [-0.15, -0.1) is 0 Å². The molecule has 22 heavy (non-hydrogen) atoms. The van der Waals surface area contributed by atoms with Crippen molar-refractivity contribution < 1.29 is 14.2 Å². The molecule has 118 valence electrons. The number of anilines is 1. The third-order valence-corrected chi connectivity index (χ3v) is 3.74. The molecule has 0 spiro atoms. The Morgan fingerprint density at radius 1 is 1.05 bits per heavy atom. The molecule has 1 N–H and O–H groups in total. The maximum Gasteiger partial charge on any atom is 0.174 e. The quantitative estimate of drug-likeness (QED) is 0.785. The molecule has 0 fully saturated rings. The largest absolute Gasteiger partial charge is 0.494 e. The van der Waals surface area contributed by atoms with Gasteiger partial charge in [-0.3, -0.25) is 0 Å². The third-order valence-electron chi connectivity index (χ3n) is 3.16. The van der Waals surface area contributed by atoms with Gasteiger partial charge in [0.15, 0.2) is 11.5 Å². The summed E-state index contributed by atoms with van der Waals surface area (Å²) in [5.74, 6) is 2.29. The normalized spacial score (nSPS) is 10.2. The van der Waals surface area contributed by atoms with Gasteiger partial charge in [-0.05, 0) is 64.8 Å². The van der Waals surface area contributed by atoms with Crippen LogP contribution in [-0.4, -0.2) is 20.8 Å². The highest BCUT2D eigenvalue weighted by molar-refractivity contribution is 9.10. The van der Waals surface area contributed by atoms with Gasteiger partial charge in [-0.25, -0.2) is 0 Å². The average molecular weight is 366 g/mol. The van der Waals surface area contributed by atoms with Gasteiger partial charge < -0.3 is 19.5 Å². The molecule has 2 aromatic rings. The predicted octanol–water partition coefficient (Wildman–Crippen LogP) is 4.48. The minimum Gasteiger partial charge on any atom is -0.494 e. The van der Waals surface area contributed by atoms with E-state index in [0.29, 0.717) is 24.7 Å². The van der Waals surface area contributed by atoms with Crippen molar-refractivity contribution in [2.45, 2.75) is 13.5 Å². The molecule has 0 unspecified atom stereocenters. The molecule has 0 amide bonds. The van der Waals surface area contributed by atoms with Crippen LogP contribution in [0.2, 0.25) is 0 Å². The van der Waals surface area contributed by atoms with Gasteiger partial charge in [-0.2, -0.15) is 0 Å². The summed E-state index contributed by atoms with van der Waals surface area (Å²) in [6, 6.07) is 11.9. The van der Waals surface area contributed by atoms with E-state index in [0.717, 1.165) is 21.5 Å². The van der Waals surface area contributed by atoms with E-state index in [1.165, 1.54) is 0 Å². The Hall–Kier alpha value is -1.88. The molecule has 4 nitrogen and oxygen atoms in total. The SMILES string of the molecule is CCOc1ccc(NCc2cc(Br)c(OC)c(OC)c2)cc1. The van der Waals surface area contributed by atoms with Crippen LogP contribution in [0.5, 0.6) is 17.2 Å². The number of nitrogens with one attached hydrogen (secondary N) is 1. The summed E-state index contributed by atoms with van der Waals surface area (Å²) < 4.78 is 17.0. The molecule has 0 aliphatic rings. The number of ether oxygens (including phenoxy) is 3. The fourth-order valence-corrected chi connectivity index (χ4v) is 2.76. The minimum absolute atomic E-state index is 0.673. The fraction of sp³-hybridized carbons (Fsp3) is 0.294. The molecular weight excluding hydrogens is 346 g/mol. The first-order valence-electron chi connectivity index (χ1n) is 7.05. The van der Waals surface area contributed by atoms with Crippen molar-refractivity contribution in [2.24, 2.45) is 0 Å². The molecule has 0 bridgehead atoms. The third kappa shape index (κ3) is 4.07. The van der Waals surface area contributed by atoms with Crippen LogP contribution in [0.25, 0.3) is 0 Å². The first kappa shape index (κ1) is 16.5. The molecule has 0 atom stereocenters. The van der Waals surface area contributed by atoms with Crippen molar-refractivity contribution in [1.29, 1.82) is 0 Å². The lowest BCUT2D eigenvalue weighted by Gasteiger charge is -2.13. The molecular formula is C17H20BrNO3.